The second-order valence-corrected chi connectivity index (χ2v) is 5.48. The molecule has 0 heterocycles. The van der Waals surface area contributed by atoms with Crippen molar-refractivity contribution >= 4 is 21.8 Å². The van der Waals surface area contributed by atoms with E-state index in [-0.39, 0.29) is 11.4 Å². The van der Waals surface area contributed by atoms with Crippen LogP contribution in [-0.2, 0) is 4.74 Å². The lowest BCUT2D eigenvalue weighted by Gasteiger charge is -2.22. The lowest BCUT2D eigenvalue weighted by atomic mass is 10.1. The van der Waals surface area contributed by atoms with Crippen LogP contribution in [0.4, 0.5) is 0 Å². The molecule has 5 heteroatoms. The van der Waals surface area contributed by atoms with E-state index in [0.717, 1.165) is 16.6 Å². The van der Waals surface area contributed by atoms with Gasteiger partial charge in [0, 0.05) is 19.1 Å². The van der Waals surface area contributed by atoms with Crippen molar-refractivity contribution in [3.63, 3.8) is 0 Å². The molecule has 0 saturated carbocycles. The lowest BCUT2D eigenvalue weighted by Crippen LogP contribution is -2.25. The van der Waals surface area contributed by atoms with E-state index < -0.39 is 0 Å². The van der Waals surface area contributed by atoms with Crippen molar-refractivity contribution in [2.45, 2.75) is 25.9 Å². The zero-order chi connectivity index (χ0) is 13.8. The molecule has 18 heavy (non-hydrogen) atoms. The van der Waals surface area contributed by atoms with Gasteiger partial charge < -0.3 is 15.2 Å². The third-order valence-electron chi connectivity index (χ3n) is 2.76. The van der Waals surface area contributed by atoms with Crippen LogP contribution in [0.2, 0.25) is 0 Å². The lowest BCUT2D eigenvalue weighted by molar-refractivity contribution is 0.00539. The van der Waals surface area contributed by atoms with Gasteiger partial charge in [-0.1, -0.05) is 0 Å². The van der Waals surface area contributed by atoms with Crippen molar-refractivity contribution < 1.29 is 9.47 Å². The van der Waals surface area contributed by atoms with E-state index >= 15 is 0 Å². The van der Waals surface area contributed by atoms with Gasteiger partial charge in [-0.3, -0.25) is 5.41 Å². The molecule has 0 bridgehead atoms. The van der Waals surface area contributed by atoms with Gasteiger partial charge in [-0.15, -0.1) is 0 Å². The molecule has 0 saturated heterocycles. The van der Waals surface area contributed by atoms with Crippen molar-refractivity contribution in [2.75, 3.05) is 13.7 Å². The smallest absolute Gasteiger partial charge is 0.133 e. The molecule has 1 rings (SSSR count). The number of hydrogen-bond donors (Lipinski definition) is 2. The van der Waals surface area contributed by atoms with Crippen LogP contribution in [0.1, 0.15) is 25.8 Å². The van der Waals surface area contributed by atoms with Gasteiger partial charge in [-0.25, -0.2) is 0 Å². The summed E-state index contributed by atoms with van der Waals surface area (Å²) in [5.74, 6) is 0.787. The summed E-state index contributed by atoms with van der Waals surface area (Å²) < 4.78 is 11.8. The predicted molar refractivity (Wildman–Crippen MR) is 76.4 cm³/mol. The third kappa shape index (κ3) is 4.31. The number of benzene rings is 1. The number of nitrogens with two attached hydrogens (primary N) is 1. The highest BCUT2D eigenvalue weighted by Gasteiger charge is 2.16. The number of amidine groups is 1. The average Bonchev–Trinajstić information content (AvgIpc) is 2.31. The Kier molecular flexibility index (Phi) is 5.16. The molecule has 0 spiro atoms. The maximum atomic E-state index is 7.35. The number of hydrogen-bond acceptors (Lipinski definition) is 3. The zero-order valence-corrected chi connectivity index (χ0v) is 12.5. The first-order valence-corrected chi connectivity index (χ1v) is 6.47. The molecule has 0 amide bonds. The molecule has 100 valence electrons. The van der Waals surface area contributed by atoms with Crippen LogP contribution in [0.25, 0.3) is 0 Å². The molecule has 0 radical (unpaired) electrons. The number of halogens is 1. The SMILES string of the molecule is COC(C)(C)CCOc1ccc(C(=N)N)cc1Br. The third-order valence-corrected chi connectivity index (χ3v) is 3.38. The quantitative estimate of drug-likeness (QED) is 0.626. The van der Waals surface area contributed by atoms with E-state index in [2.05, 4.69) is 15.9 Å². The normalized spacial score (nSPS) is 11.3. The molecule has 0 unspecified atom stereocenters. The highest BCUT2D eigenvalue weighted by atomic mass is 79.9. The Hall–Kier alpha value is -1.07. The Morgan fingerprint density at radius 2 is 2.11 bits per heavy atom. The summed E-state index contributed by atoms with van der Waals surface area (Å²) in [6.45, 7) is 4.60. The Morgan fingerprint density at radius 3 is 2.61 bits per heavy atom. The predicted octanol–water partition coefficient (Wildman–Crippen LogP) is 2.93. The number of ether oxygens (including phenoxy) is 2. The maximum absolute atomic E-state index is 7.35. The second-order valence-electron chi connectivity index (χ2n) is 4.62. The van der Waals surface area contributed by atoms with Crippen LogP contribution in [0, 0.1) is 5.41 Å². The Balaban J connectivity index is 2.61. The van der Waals surface area contributed by atoms with Gasteiger partial charge >= 0.3 is 0 Å². The summed E-state index contributed by atoms with van der Waals surface area (Å²) in [6.07, 6.45) is 0.796. The van der Waals surface area contributed by atoms with Gasteiger partial charge in [0.1, 0.15) is 11.6 Å². The van der Waals surface area contributed by atoms with Gasteiger partial charge in [0.25, 0.3) is 0 Å². The van der Waals surface area contributed by atoms with Crippen molar-refractivity contribution in [1.82, 2.24) is 0 Å². The Bertz CT molecular complexity index is 433. The number of nitrogens with one attached hydrogen (secondary N) is 1. The number of methoxy groups -OCH3 is 1. The maximum Gasteiger partial charge on any atom is 0.133 e. The Morgan fingerprint density at radius 1 is 1.44 bits per heavy atom. The fraction of sp³-hybridized carbons (Fsp3) is 0.462. The highest BCUT2D eigenvalue weighted by Crippen LogP contribution is 2.26. The van der Waals surface area contributed by atoms with Gasteiger partial charge in [-0.2, -0.15) is 0 Å². The minimum absolute atomic E-state index is 0.0442. The number of rotatable bonds is 6. The molecule has 3 N–H and O–H groups in total. The Labute approximate surface area is 116 Å². The second kappa shape index (κ2) is 6.20. The van der Waals surface area contributed by atoms with Crippen molar-refractivity contribution in [1.29, 1.82) is 5.41 Å². The summed E-state index contributed by atoms with van der Waals surface area (Å²) in [6, 6.07) is 5.35. The van der Waals surface area contributed by atoms with E-state index in [1.807, 2.05) is 13.8 Å². The van der Waals surface area contributed by atoms with Gasteiger partial charge in [0.2, 0.25) is 0 Å². The molecule has 0 fully saturated rings. The minimum Gasteiger partial charge on any atom is -0.492 e. The van der Waals surface area contributed by atoms with E-state index in [4.69, 9.17) is 20.6 Å². The standard InChI is InChI=1S/C13H19BrN2O2/c1-13(2,17-3)6-7-18-11-5-4-9(12(15)16)8-10(11)14/h4-5,8H,6-7H2,1-3H3,(H3,15,16). The average molecular weight is 315 g/mol. The summed E-state index contributed by atoms with van der Waals surface area (Å²) in [5, 5.41) is 7.35. The molecule has 0 aliphatic heterocycles. The zero-order valence-electron chi connectivity index (χ0n) is 10.9. The van der Waals surface area contributed by atoms with Gasteiger partial charge in [0.15, 0.2) is 0 Å². The number of nitrogen functional groups attached to an aromatic ring is 1. The molecule has 0 aliphatic rings. The molecule has 0 aromatic heterocycles. The van der Waals surface area contributed by atoms with Crippen LogP contribution >= 0.6 is 15.9 Å². The van der Waals surface area contributed by atoms with Gasteiger partial charge in [0.05, 0.1) is 16.7 Å². The summed E-state index contributed by atoms with van der Waals surface area (Å²) in [4.78, 5) is 0. The first-order valence-electron chi connectivity index (χ1n) is 5.67. The van der Waals surface area contributed by atoms with E-state index in [0.29, 0.717) is 12.2 Å². The molecule has 0 atom stereocenters. The molecule has 1 aromatic rings. The molecule has 1 aromatic carbocycles. The fourth-order valence-corrected chi connectivity index (χ4v) is 1.79. The first kappa shape index (κ1) is 15.0. The van der Waals surface area contributed by atoms with E-state index in [1.165, 1.54) is 0 Å². The van der Waals surface area contributed by atoms with Crippen LogP contribution in [0.5, 0.6) is 5.75 Å². The molecular formula is C13H19BrN2O2. The van der Waals surface area contributed by atoms with Crippen molar-refractivity contribution in [3.8, 4) is 5.75 Å². The van der Waals surface area contributed by atoms with Crippen molar-refractivity contribution in [2.24, 2.45) is 5.73 Å². The van der Waals surface area contributed by atoms with Gasteiger partial charge in [-0.05, 0) is 48.0 Å². The monoisotopic (exact) mass is 314 g/mol. The molecule has 0 aliphatic carbocycles. The highest BCUT2D eigenvalue weighted by molar-refractivity contribution is 9.10. The van der Waals surface area contributed by atoms with Crippen LogP contribution < -0.4 is 10.5 Å². The van der Waals surface area contributed by atoms with Crippen molar-refractivity contribution in [3.05, 3.63) is 28.2 Å². The fourth-order valence-electron chi connectivity index (χ4n) is 1.29. The minimum atomic E-state index is -0.189. The summed E-state index contributed by atoms with van der Waals surface area (Å²) in [5.41, 5.74) is 5.90. The topological polar surface area (TPSA) is 68.3 Å². The molecule has 4 nitrogen and oxygen atoms in total. The largest absolute Gasteiger partial charge is 0.492 e. The first-order chi connectivity index (χ1) is 8.35. The summed E-state index contributed by atoms with van der Waals surface area (Å²) in [7, 11) is 1.69. The van der Waals surface area contributed by atoms with E-state index in [9.17, 15) is 0 Å². The summed E-state index contributed by atoms with van der Waals surface area (Å²) >= 11 is 3.40. The van der Waals surface area contributed by atoms with E-state index in [1.54, 1.807) is 25.3 Å². The van der Waals surface area contributed by atoms with Crippen LogP contribution in [0.3, 0.4) is 0 Å². The van der Waals surface area contributed by atoms with Crippen LogP contribution in [0.15, 0.2) is 22.7 Å². The van der Waals surface area contributed by atoms with Crippen LogP contribution in [-0.4, -0.2) is 25.2 Å². The molecular weight excluding hydrogens is 296 g/mol.